The molecule has 0 bridgehead atoms. The molecule has 0 saturated heterocycles. The monoisotopic (exact) mass is 510 g/mol. The number of benzene rings is 1. The number of hydrogen-bond donors (Lipinski definition) is 2. The van der Waals surface area contributed by atoms with Gasteiger partial charge in [-0.15, -0.1) is 0 Å². The fraction of sp³-hybridized carbons (Fsp3) is 0.741. The minimum atomic E-state index is -0.505. The molecule has 0 radical (unpaired) electrons. The zero-order valence-corrected chi connectivity index (χ0v) is 22.8. The van der Waals surface area contributed by atoms with Crippen LogP contribution in [-0.4, -0.2) is 72.0 Å². The predicted octanol–water partition coefficient (Wildman–Crippen LogP) is 4.31. The summed E-state index contributed by atoms with van der Waals surface area (Å²) in [6, 6.07) is 3.88. The minimum Gasteiger partial charge on any atom is -0.496 e. The van der Waals surface area contributed by atoms with Gasteiger partial charge in [0, 0.05) is 31.8 Å². The van der Waals surface area contributed by atoms with Crippen LogP contribution in [0.15, 0.2) is 12.1 Å². The molecule has 9 heteroatoms. The average molecular weight is 511 g/mol. The van der Waals surface area contributed by atoms with Gasteiger partial charge in [0.2, 0.25) is 0 Å². The highest BCUT2D eigenvalue weighted by Crippen LogP contribution is 2.35. The summed E-state index contributed by atoms with van der Waals surface area (Å²) in [5.74, 6) is 2.91. The largest absolute Gasteiger partial charge is 0.496 e. The van der Waals surface area contributed by atoms with E-state index in [-0.39, 0.29) is 0 Å². The predicted molar refractivity (Wildman–Crippen MR) is 139 cm³/mol. The Morgan fingerprint density at radius 3 is 2.11 bits per heavy atom. The summed E-state index contributed by atoms with van der Waals surface area (Å²) in [6.45, 7) is 9.76. The van der Waals surface area contributed by atoms with Gasteiger partial charge in [0.15, 0.2) is 0 Å². The van der Waals surface area contributed by atoms with E-state index in [1.54, 1.807) is 14.2 Å². The van der Waals surface area contributed by atoms with Crippen molar-refractivity contribution in [3.8, 4) is 17.2 Å². The summed E-state index contributed by atoms with van der Waals surface area (Å²) >= 11 is 0. The van der Waals surface area contributed by atoms with E-state index in [1.165, 1.54) is 32.1 Å². The number of nitrogens with one attached hydrogen (secondary N) is 2. The number of rotatable bonds is 16. The molecule has 1 aliphatic carbocycles. The van der Waals surface area contributed by atoms with Crippen molar-refractivity contribution >= 4 is 6.09 Å². The van der Waals surface area contributed by atoms with E-state index >= 15 is 0 Å². The zero-order valence-electron chi connectivity index (χ0n) is 22.8. The second-order valence-electron chi connectivity index (χ2n) is 9.95. The summed E-state index contributed by atoms with van der Waals surface area (Å²) < 4.78 is 33.5. The fourth-order valence-electron chi connectivity index (χ4n) is 4.00. The van der Waals surface area contributed by atoms with Crippen molar-refractivity contribution in [2.45, 2.75) is 65.0 Å². The van der Waals surface area contributed by atoms with Crippen molar-refractivity contribution in [2.24, 2.45) is 5.92 Å². The third kappa shape index (κ3) is 12.1. The summed E-state index contributed by atoms with van der Waals surface area (Å²) in [5, 5.41) is 6.02. The average Bonchev–Trinajstić information content (AvgIpc) is 2.85. The molecule has 2 rings (SSSR count). The van der Waals surface area contributed by atoms with Crippen molar-refractivity contribution in [1.82, 2.24) is 10.6 Å². The third-order valence-electron chi connectivity index (χ3n) is 5.80. The number of alkyl carbamates (subject to hydrolysis) is 1. The van der Waals surface area contributed by atoms with Gasteiger partial charge in [-0.25, -0.2) is 4.79 Å². The molecule has 1 aromatic carbocycles. The van der Waals surface area contributed by atoms with Crippen molar-refractivity contribution in [2.75, 3.05) is 60.3 Å². The topological polar surface area (TPSA) is 96.5 Å². The van der Waals surface area contributed by atoms with Gasteiger partial charge in [-0.2, -0.15) is 0 Å². The lowest BCUT2D eigenvalue weighted by molar-refractivity contribution is 0.0403. The lowest BCUT2D eigenvalue weighted by Crippen LogP contribution is -2.34. The summed E-state index contributed by atoms with van der Waals surface area (Å²) in [4.78, 5) is 11.5. The Bertz CT molecular complexity index is 736. The molecule has 0 atom stereocenters. The van der Waals surface area contributed by atoms with Gasteiger partial charge in [0.25, 0.3) is 0 Å². The molecule has 0 spiro atoms. The van der Waals surface area contributed by atoms with Crippen LogP contribution < -0.4 is 24.8 Å². The molecule has 36 heavy (non-hydrogen) atoms. The van der Waals surface area contributed by atoms with Crippen LogP contribution in [-0.2, 0) is 20.8 Å². The number of methoxy groups -OCH3 is 2. The van der Waals surface area contributed by atoms with Crippen molar-refractivity contribution < 1.29 is 33.2 Å². The van der Waals surface area contributed by atoms with Gasteiger partial charge in [0.05, 0.1) is 52.8 Å². The van der Waals surface area contributed by atoms with Crippen molar-refractivity contribution in [1.29, 1.82) is 0 Å². The SMILES string of the molecule is COc1cc(OCC2CCCCC2)cc(OC)c1CNCCOCCOCCNC(=O)OC(C)(C)C. The maximum atomic E-state index is 11.5. The molecule has 0 aliphatic heterocycles. The second-order valence-corrected chi connectivity index (χ2v) is 9.95. The molecule has 1 aromatic rings. The number of ether oxygens (including phenoxy) is 6. The number of carbonyl (C=O) groups excluding carboxylic acids is 1. The summed E-state index contributed by atoms with van der Waals surface area (Å²) in [7, 11) is 3.32. The fourth-order valence-corrected chi connectivity index (χ4v) is 4.00. The first-order valence-corrected chi connectivity index (χ1v) is 13.0. The Morgan fingerprint density at radius 1 is 0.917 bits per heavy atom. The second kappa shape index (κ2) is 16.5. The molecule has 9 nitrogen and oxygen atoms in total. The Hall–Kier alpha value is -2.23. The van der Waals surface area contributed by atoms with Crippen molar-refractivity contribution in [3.63, 3.8) is 0 Å². The first-order valence-electron chi connectivity index (χ1n) is 13.0. The Labute approximate surface area is 216 Å². The van der Waals surface area contributed by atoms with Crippen LogP contribution in [0.1, 0.15) is 58.4 Å². The van der Waals surface area contributed by atoms with Crippen LogP contribution in [0.3, 0.4) is 0 Å². The summed E-state index contributed by atoms with van der Waals surface area (Å²) in [6.07, 6.45) is 5.99. The lowest BCUT2D eigenvalue weighted by atomic mass is 9.90. The van der Waals surface area contributed by atoms with Crippen LogP contribution in [0, 0.1) is 5.92 Å². The molecule has 206 valence electrons. The summed E-state index contributed by atoms with van der Waals surface area (Å²) in [5.41, 5.74) is 0.445. The van der Waals surface area contributed by atoms with Crippen LogP contribution in [0.25, 0.3) is 0 Å². The highest BCUT2D eigenvalue weighted by Gasteiger charge is 2.17. The maximum Gasteiger partial charge on any atom is 0.407 e. The molecular weight excluding hydrogens is 464 g/mol. The maximum absolute atomic E-state index is 11.5. The van der Waals surface area contributed by atoms with Crippen LogP contribution in [0.2, 0.25) is 0 Å². The van der Waals surface area contributed by atoms with E-state index in [0.29, 0.717) is 52.0 Å². The Morgan fingerprint density at radius 2 is 1.53 bits per heavy atom. The van der Waals surface area contributed by atoms with Gasteiger partial charge < -0.3 is 39.1 Å². The third-order valence-corrected chi connectivity index (χ3v) is 5.80. The first-order chi connectivity index (χ1) is 17.3. The standard InChI is InChI=1S/C27H46N2O7/c1-27(2,3)36-26(30)29-12-14-34-16-15-33-13-11-28-19-23-24(31-4)17-22(18-25(23)32-5)35-20-21-9-7-6-8-10-21/h17-18,21,28H,6-16,19-20H2,1-5H3,(H,29,30). The highest BCUT2D eigenvalue weighted by atomic mass is 16.6. The molecule has 1 amide bonds. The van der Waals surface area contributed by atoms with E-state index in [1.807, 2.05) is 32.9 Å². The van der Waals surface area contributed by atoms with E-state index in [4.69, 9.17) is 28.4 Å². The van der Waals surface area contributed by atoms with Gasteiger partial charge >= 0.3 is 6.09 Å². The number of amides is 1. The molecule has 1 saturated carbocycles. The van der Waals surface area contributed by atoms with Gasteiger partial charge in [-0.1, -0.05) is 19.3 Å². The normalized spacial score (nSPS) is 14.4. The van der Waals surface area contributed by atoms with Crippen molar-refractivity contribution in [3.05, 3.63) is 17.7 Å². The smallest absolute Gasteiger partial charge is 0.407 e. The van der Waals surface area contributed by atoms with E-state index in [9.17, 15) is 4.79 Å². The molecule has 2 N–H and O–H groups in total. The molecule has 1 fully saturated rings. The Kier molecular flexibility index (Phi) is 13.8. The zero-order chi connectivity index (χ0) is 26.2. The molecule has 0 heterocycles. The minimum absolute atomic E-state index is 0.393. The van der Waals surface area contributed by atoms with Gasteiger partial charge in [-0.3, -0.25) is 0 Å². The van der Waals surface area contributed by atoms with E-state index < -0.39 is 11.7 Å². The van der Waals surface area contributed by atoms with E-state index in [2.05, 4.69) is 10.6 Å². The first kappa shape index (κ1) is 30.0. The van der Waals surface area contributed by atoms with Crippen LogP contribution in [0.5, 0.6) is 17.2 Å². The van der Waals surface area contributed by atoms with Gasteiger partial charge in [0.1, 0.15) is 22.8 Å². The quantitative estimate of drug-likeness (QED) is 0.318. The van der Waals surface area contributed by atoms with Gasteiger partial charge in [-0.05, 0) is 39.5 Å². The highest BCUT2D eigenvalue weighted by molar-refractivity contribution is 5.67. The number of hydrogen-bond acceptors (Lipinski definition) is 8. The molecule has 0 unspecified atom stereocenters. The molecule has 1 aliphatic rings. The Balaban J connectivity index is 1.60. The molecule has 0 aromatic heterocycles. The van der Waals surface area contributed by atoms with E-state index in [0.717, 1.165) is 29.4 Å². The van der Waals surface area contributed by atoms with Crippen LogP contribution >= 0.6 is 0 Å². The number of carbonyl (C=O) groups is 1. The lowest BCUT2D eigenvalue weighted by Gasteiger charge is -2.22. The van der Waals surface area contributed by atoms with Crippen LogP contribution in [0.4, 0.5) is 4.79 Å². The molecular formula is C27H46N2O7.